The predicted molar refractivity (Wildman–Crippen MR) is 50.2 cm³/mol. The van der Waals surface area contributed by atoms with E-state index >= 15 is 0 Å². The van der Waals surface area contributed by atoms with E-state index in [-0.39, 0.29) is 6.10 Å². The lowest BCUT2D eigenvalue weighted by atomic mass is 10.2. The molecule has 1 fully saturated rings. The number of ether oxygens (including phenoxy) is 2. The van der Waals surface area contributed by atoms with Gasteiger partial charge in [-0.2, -0.15) is 0 Å². The van der Waals surface area contributed by atoms with Crippen LogP contribution in [0, 0.1) is 6.92 Å². The number of nitrogens with zero attached hydrogens (tertiary/aromatic N) is 1. The molecule has 1 N–H and O–H groups in total. The van der Waals surface area contributed by atoms with E-state index in [4.69, 9.17) is 9.47 Å². The SMILES string of the molecule is Cc1ncccc1O[C@H]1COC[C@@H]1O. The zero-order chi connectivity index (χ0) is 9.97. The second-order valence-electron chi connectivity index (χ2n) is 3.35. The molecule has 0 spiro atoms. The predicted octanol–water partition coefficient (Wildman–Crippen LogP) is 0.529. The lowest BCUT2D eigenvalue weighted by Gasteiger charge is -2.16. The minimum Gasteiger partial charge on any atom is -0.483 e. The van der Waals surface area contributed by atoms with E-state index in [9.17, 15) is 5.11 Å². The third-order valence-electron chi connectivity index (χ3n) is 2.24. The number of pyridine rings is 1. The van der Waals surface area contributed by atoms with Crippen molar-refractivity contribution in [1.82, 2.24) is 4.98 Å². The molecule has 1 saturated heterocycles. The lowest BCUT2D eigenvalue weighted by molar-refractivity contribution is 0.0726. The van der Waals surface area contributed by atoms with E-state index in [0.29, 0.717) is 19.0 Å². The summed E-state index contributed by atoms with van der Waals surface area (Å²) in [6.07, 6.45) is 0.913. The summed E-state index contributed by atoms with van der Waals surface area (Å²) in [6.45, 7) is 2.66. The maximum absolute atomic E-state index is 9.47. The van der Waals surface area contributed by atoms with E-state index in [2.05, 4.69) is 4.98 Å². The lowest BCUT2D eigenvalue weighted by Crippen LogP contribution is -2.30. The number of hydrogen-bond acceptors (Lipinski definition) is 4. The number of aliphatic hydroxyl groups excluding tert-OH is 1. The summed E-state index contributed by atoms with van der Waals surface area (Å²) < 4.78 is 10.7. The summed E-state index contributed by atoms with van der Waals surface area (Å²) >= 11 is 0. The van der Waals surface area contributed by atoms with Gasteiger partial charge in [-0.05, 0) is 19.1 Å². The third kappa shape index (κ3) is 1.86. The second kappa shape index (κ2) is 3.94. The highest BCUT2D eigenvalue weighted by Gasteiger charge is 2.28. The fraction of sp³-hybridized carbons (Fsp3) is 0.500. The maximum atomic E-state index is 9.47. The van der Waals surface area contributed by atoms with Gasteiger partial charge in [0.2, 0.25) is 0 Å². The first-order valence-electron chi connectivity index (χ1n) is 4.61. The molecule has 1 aliphatic rings. The van der Waals surface area contributed by atoms with E-state index in [0.717, 1.165) is 5.69 Å². The maximum Gasteiger partial charge on any atom is 0.150 e. The Hall–Kier alpha value is -1.13. The number of hydrogen-bond donors (Lipinski definition) is 1. The Bertz CT molecular complexity index is 316. The van der Waals surface area contributed by atoms with Gasteiger partial charge in [0.15, 0.2) is 6.10 Å². The van der Waals surface area contributed by atoms with Gasteiger partial charge >= 0.3 is 0 Å². The minimum atomic E-state index is -0.533. The van der Waals surface area contributed by atoms with Crippen molar-refractivity contribution in [2.24, 2.45) is 0 Å². The quantitative estimate of drug-likeness (QED) is 0.747. The molecule has 0 saturated carbocycles. The van der Waals surface area contributed by atoms with E-state index in [1.807, 2.05) is 19.1 Å². The molecular formula is C10H13NO3. The largest absolute Gasteiger partial charge is 0.483 e. The van der Waals surface area contributed by atoms with Crippen LogP contribution in [0.25, 0.3) is 0 Å². The summed E-state index contributed by atoms with van der Waals surface area (Å²) in [4.78, 5) is 4.10. The van der Waals surface area contributed by atoms with Gasteiger partial charge in [-0.25, -0.2) is 0 Å². The molecule has 1 aromatic heterocycles. The molecule has 2 atom stereocenters. The van der Waals surface area contributed by atoms with Gasteiger partial charge in [0.1, 0.15) is 11.9 Å². The molecule has 1 aliphatic heterocycles. The van der Waals surface area contributed by atoms with Crippen molar-refractivity contribution < 1.29 is 14.6 Å². The van der Waals surface area contributed by atoms with Crippen LogP contribution in [0.15, 0.2) is 18.3 Å². The van der Waals surface area contributed by atoms with Crippen LogP contribution in [0.1, 0.15) is 5.69 Å². The van der Waals surface area contributed by atoms with Crippen LogP contribution in [0.4, 0.5) is 0 Å². The van der Waals surface area contributed by atoms with Gasteiger partial charge in [0.05, 0.1) is 18.9 Å². The summed E-state index contributed by atoms with van der Waals surface area (Å²) in [6, 6.07) is 3.65. The van der Waals surface area contributed by atoms with Crippen LogP contribution < -0.4 is 4.74 Å². The molecule has 4 heteroatoms. The monoisotopic (exact) mass is 195 g/mol. The first-order chi connectivity index (χ1) is 6.77. The number of rotatable bonds is 2. The molecule has 0 amide bonds. The van der Waals surface area contributed by atoms with Crippen LogP contribution in [-0.2, 0) is 4.74 Å². The average molecular weight is 195 g/mol. The Labute approximate surface area is 82.5 Å². The van der Waals surface area contributed by atoms with Crippen LogP contribution >= 0.6 is 0 Å². The minimum absolute atomic E-state index is 0.266. The second-order valence-corrected chi connectivity index (χ2v) is 3.35. The highest BCUT2D eigenvalue weighted by atomic mass is 16.6. The first-order valence-corrected chi connectivity index (χ1v) is 4.61. The summed E-state index contributed by atoms with van der Waals surface area (Å²) in [7, 11) is 0. The molecule has 0 aromatic carbocycles. The Balaban J connectivity index is 2.07. The molecule has 0 bridgehead atoms. The summed E-state index contributed by atoms with van der Waals surface area (Å²) in [5.41, 5.74) is 0.826. The topological polar surface area (TPSA) is 51.6 Å². The molecule has 0 aliphatic carbocycles. The average Bonchev–Trinajstić information content (AvgIpc) is 2.56. The van der Waals surface area contributed by atoms with E-state index in [1.165, 1.54) is 0 Å². The van der Waals surface area contributed by atoms with Crippen molar-refractivity contribution in [2.45, 2.75) is 19.1 Å². The number of aryl methyl sites for hydroxylation is 1. The van der Waals surface area contributed by atoms with Gasteiger partial charge in [0.25, 0.3) is 0 Å². The normalized spacial score (nSPS) is 26.4. The van der Waals surface area contributed by atoms with Crippen LogP contribution in [-0.4, -0.2) is 35.5 Å². The molecule has 0 radical (unpaired) electrons. The van der Waals surface area contributed by atoms with Crippen molar-refractivity contribution in [3.05, 3.63) is 24.0 Å². The fourth-order valence-corrected chi connectivity index (χ4v) is 1.39. The Morgan fingerprint density at radius 2 is 2.43 bits per heavy atom. The van der Waals surface area contributed by atoms with Gasteiger partial charge in [-0.3, -0.25) is 4.98 Å². The smallest absolute Gasteiger partial charge is 0.150 e. The Morgan fingerprint density at radius 1 is 1.57 bits per heavy atom. The highest BCUT2D eigenvalue weighted by Crippen LogP contribution is 2.19. The summed E-state index contributed by atoms with van der Waals surface area (Å²) in [5.74, 6) is 0.710. The van der Waals surface area contributed by atoms with Gasteiger partial charge in [0, 0.05) is 6.20 Å². The molecule has 14 heavy (non-hydrogen) atoms. The Kier molecular flexibility index (Phi) is 2.65. The Morgan fingerprint density at radius 3 is 3.07 bits per heavy atom. The number of aliphatic hydroxyl groups is 1. The fourth-order valence-electron chi connectivity index (χ4n) is 1.39. The molecule has 0 unspecified atom stereocenters. The van der Waals surface area contributed by atoms with Gasteiger partial charge in [-0.15, -0.1) is 0 Å². The molecular weight excluding hydrogens is 182 g/mol. The van der Waals surface area contributed by atoms with Crippen molar-refractivity contribution in [2.75, 3.05) is 13.2 Å². The van der Waals surface area contributed by atoms with Crippen LogP contribution in [0.2, 0.25) is 0 Å². The highest BCUT2D eigenvalue weighted by molar-refractivity contribution is 5.25. The van der Waals surface area contributed by atoms with Gasteiger partial charge < -0.3 is 14.6 Å². The molecule has 2 rings (SSSR count). The summed E-state index contributed by atoms with van der Waals surface area (Å²) in [5, 5.41) is 9.47. The van der Waals surface area contributed by atoms with Crippen LogP contribution in [0.3, 0.4) is 0 Å². The van der Waals surface area contributed by atoms with Crippen molar-refractivity contribution in [1.29, 1.82) is 0 Å². The first kappa shape index (κ1) is 9.43. The van der Waals surface area contributed by atoms with Gasteiger partial charge in [-0.1, -0.05) is 0 Å². The van der Waals surface area contributed by atoms with E-state index in [1.54, 1.807) is 6.20 Å². The third-order valence-corrected chi connectivity index (χ3v) is 2.24. The standard InChI is InChI=1S/C10H13NO3/c1-7-9(3-2-4-11-7)14-10-6-13-5-8(10)12/h2-4,8,10,12H,5-6H2,1H3/t8-,10-/m0/s1. The van der Waals surface area contributed by atoms with Crippen molar-refractivity contribution in [3.63, 3.8) is 0 Å². The molecule has 2 heterocycles. The zero-order valence-electron chi connectivity index (χ0n) is 8.01. The molecule has 1 aromatic rings. The van der Waals surface area contributed by atoms with Crippen LogP contribution in [0.5, 0.6) is 5.75 Å². The molecule has 4 nitrogen and oxygen atoms in total. The van der Waals surface area contributed by atoms with Crippen molar-refractivity contribution >= 4 is 0 Å². The van der Waals surface area contributed by atoms with Crippen molar-refractivity contribution in [3.8, 4) is 5.75 Å². The zero-order valence-corrected chi connectivity index (χ0v) is 8.01. The molecule has 76 valence electrons. The number of aromatic nitrogens is 1. The van der Waals surface area contributed by atoms with E-state index < -0.39 is 6.10 Å².